The Morgan fingerprint density at radius 3 is 2.41 bits per heavy atom. The van der Waals surface area contributed by atoms with Crippen LogP contribution < -0.4 is 5.63 Å². The molecule has 2 rings (SSSR count). The molecule has 90 valence electrons. The Hall–Kier alpha value is -2.21. The van der Waals surface area contributed by atoms with Gasteiger partial charge in [0, 0.05) is 17.0 Å². The van der Waals surface area contributed by atoms with Crippen LogP contribution in [0.25, 0.3) is 10.8 Å². The number of hydrogen-bond donors (Lipinski definition) is 4. The number of benzene rings is 1. The summed E-state index contributed by atoms with van der Waals surface area (Å²) < 4.78 is 4.64. The number of rotatable bonds is 1. The molecule has 1 atom stereocenters. The maximum absolute atomic E-state index is 11.4. The first-order valence-corrected chi connectivity index (χ1v) is 4.81. The van der Waals surface area contributed by atoms with Gasteiger partial charge in [0.1, 0.15) is 17.4 Å². The van der Waals surface area contributed by atoms with E-state index < -0.39 is 29.0 Å². The van der Waals surface area contributed by atoms with Gasteiger partial charge in [0.05, 0.1) is 6.10 Å². The van der Waals surface area contributed by atoms with Gasteiger partial charge in [-0.05, 0) is 6.92 Å². The highest BCUT2D eigenvalue weighted by molar-refractivity contribution is 5.96. The van der Waals surface area contributed by atoms with E-state index in [1.807, 2.05) is 0 Å². The fraction of sp³-hybridized carbons (Fsp3) is 0.182. The van der Waals surface area contributed by atoms with E-state index in [0.717, 1.165) is 12.3 Å². The van der Waals surface area contributed by atoms with Crippen molar-refractivity contribution in [3.63, 3.8) is 0 Å². The first-order chi connectivity index (χ1) is 7.93. The van der Waals surface area contributed by atoms with E-state index >= 15 is 0 Å². The maximum Gasteiger partial charge on any atom is 0.347 e. The SMILES string of the molecule is C[C@@H](O)c1coc(=O)c2c(O)cc(O)c(O)c12. The molecule has 0 aliphatic heterocycles. The molecule has 1 aromatic carbocycles. The van der Waals surface area contributed by atoms with Crippen LogP contribution in [0.4, 0.5) is 0 Å². The number of aliphatic hydroxyl groups excluding tert-OH is 1. The maximum atomic E-state index is 11.4. The smallest absolute Gasteiger partial charge is 0.347 e. The summed E-state index contributed by atoms with van der Waals surface area (Å²) in [5.41, 5.74) is -0.763. The van der Waals surface area contributed by atoms with E-state index in [9.17, 15) is 25.2 Å². The number of aliphatic hydroxyl groups is 1. The molecule has 1 heterocycles. The lowest BCUT2D eigenvalue weighted by atomic mass is 10.0. The monoisotopic (exact) mass is 238 g/mol. The van der Waals surface area contributed by atoms with Crippen LogP contribution in [0.1, 0.15) is 18.6 Å². The van der Waals surface area contributed by atoms with Crippen molar-refractivity contribution in [1.82, 2.24) is 0 Å². The van der Waals surface area contributed by atoms with Gasteiger partial charge in [0.15, 0.2) is 11.5 Å². The van der Waals surface area contributed by atoms with Gasteiger partial charge in [-0.3, -0.25) is 0 Å². The van der Waals surface area contributed by atoms with Crippen LogP contribution in [0.5, 0.6) is 17.2 Å². The third kappa shape index (κ3) is 1.58. The molecule has 4 N–H and O–H groups in total. The quantitative estimate of drug-likeness (QED) is 0.435. The molecular formula is C11H10O6. The summed E-state index contributed by atoms with van der Waals surface area (Å²) in [7, 11) is 0. The van der Waals surface area contributed by atoms with E-state index in [1.54, 1.807) is 0 Å². The van der Waals surface area contributed by atoms with Gasteiger partial charge in [0.25, 0.3) is 0 Å². The molecule has 0 amide bonds. The van der Waals surface area contributed by atoms with Crippen molar-refractivity contribution < 1.29 is 24.8 Å². The summed E-state index contributed by atoms with van der Waals surface area (Å²) in [6.45, 7) is 1.40. The first-order valence-electron chi connectivity index (χ1n) is 4.81. The zero-order valence-corrected chi connectivity index (χ0v) is 8.84. The summed E-state index contributed by atoms with van der Waals surface area (Å²) in [5.74, 6) is -1.68. The van der Waals surface area contributed by atoms with Crippen molar-refractivity contribution in [3.05, 3.63) is 28.3 Å². The van der Waals surface area contributed by atoms with Crippen LogP contribution in [0.15, 0.2) is 21.5 Å². The number of phenolic OH excluding ortho intramolecular Hbond substituents is 3. The van der Waals surface area contributed by atoms with Crippen LogP contribution in [-0.4, -0.2) is 20.4 Å². The van der Waals surface area contributed by atoms with Gasteiger partial charge < -0.3 is 24.8 Å². The normalized spacial score (nSPS) is 12.8. The molecule has 6 nitrogen and oxygen atoms in total. The van der Waals surface area contributed by atoms with Crippen molar-refractivity contribution in [2.24, 2.45) is 0 Å². The highest BCUT2D eigenvalue weighted by Crippen LogP contribution is 2.40. The zero-order valence-electron chi connectivity index (χ0n) is 8.84. The Bertz CT molecular complexity index is 640. The summed E-state index contributed by atoms with van der Waals surface area (Å²) >= 11 is 0. The molecule has 17 heavy (non-hydrogen) atoms. The molecule has 0 aliphatic carbocycles. The van der Waals surface area contributed by atoms with E-state index in [1.165, 1.54) is 6.92 Å². The van der Waals surface area contributed by atoms with Gasteiger partial charge in [0.2, 0.25) is 0 Å². The Morgan fingerprint density at radius 2 is 1.82 bits per heavy atom. The lowest BCUT2D eigenvalue weighted by molar-refractivity contribution is 0.197. The van der Waals surface area contributed by atoms with Crippen LogP contribution >= 0.6 is 0 Å². The first kappa shape index (κ1) is 11.3. The Balaban J connectivity index is 3.08. The summed E-state index contributed by atoms with van der Waals surface area (Å²) in [6, 6.07) is 0.834. The predicted molar refractivity (Wildman–Crippen MR) is 58.1 cm³/mol. The molecule has 0 aliphatic rings. The van der Waals surface area contributed by atoms with Gasteiger partial charge >= 0.3 is 5.63 Å². The average Bonchev–Trinajstić information content (AvgIpc) is 2.25. The van der Waals surface area contributed by atoms with E-state index in [4.69, 9.17) is 0 Å². The van der Waals surface area contributed by atoms with Crippen molar-refractivity contribution >= 4 is 10.8 Å². The second kappa shape index (κ2) is 3.67. The second-order valence-electron chi connectivity index (χ2n) is 3.67. The van der Waals surface area contributed by atoms with Crippen LogP contribution in [0.3, 0.4) is 0 Å². The molecule has 2 aromatic rings. The number of phenols is 3. The summed E-state index contributed by atoms with van der Waals surface area (Å²) in [6.07, 6.45) is -0.0533. The summed E-state index contributed by atoms with van der Waals surface area (Å²) in [4.78, 5) is 11.4. The zero-order chi connectivity index (χ0) is 12.7. The molecular weight excluding hydrogens is 228 g/mol. The molecule has 6 heteroatoms. The van der Waals surface area contributed by atoms with E-state index in [0.29, 0.717) is 0 Å². The largest absolute Gasteiger partial charge is 0.507 e. The highest BCUT2D eigenvalue weighted by Gasteiger charge is 2.20. The van der Waals surface area contributed by atoms with Gasteiger partial charge in [-0.2, -0.15) is 0 Å². The molecule has 0 fully saturated rings. The van der Waals surface area contributed by atoms with Crippen LogP contribution in [-0.2, 0) is 0 Å². The van der Waals surface area contributed by atoms with Gasteiger partial charge in [-0.15, -0.1) is 0 Å². The minimum atomic E-state index is -1.03. The Labute approximate surface area is 95.0 Å². The third-order valence-electron chi connectivity index (χ3n) is 2.49. The predicted octanol–water partition coefficient (Wildman–Crippen LogP) is 0.963. The number of aromatic hydroxyl groups is 3. The second-order valence-corrected chi connectivity index (χ2v) is 3.67. The molecule has 0 saturated heterocycles. The molecule has 0 saturated carbocycles. The van der Waals surface area contributed by atoms with Crippen LogP contribution in [0, 0.1) is 0 Å². The lowest BCUT2D eigenvalue weighted by Crippen LogP contribution is -2.04. The molecule has 0 spiro atoms. The molecule has 1 aromatic heterocycles. The number of fused-ring (bicyclic) bond motifs is 1. The number of hydrogen-bond acceptors (Lipinski definition) is 6. The Kier molecular flexibility index (Phi) is 2.44. The third-order valence-corrected chi connectivity index (χ3v) is 2.49. The van der Waals surface area contributed by atoms with Crippen molar-refractivity contribution in [3.8, 4) is 17.2 Å². The van der Waals surface area contributed by atoms with Crippen molar-refractivity contribution in [1.29, 1.82) is 0 Å². The van der Waals surface area contributed by atoms with Gasteiger partial charge in [-0.25, -0.2) is 4.79 Å². The molecule has 0 bridgehead atoms. The highest BCUT2D eigenvalue weighted by atomic mass is 16.4. The van der Waals surface area contributed by atoms with E-state index in [2.05, 4.69) is 4.42 Å². The minimum absolute atomic E-state index is 0.100. The lowest BCUT2D eigenvalue weighted by Gasteiger charge is -2.11. The topological polar surface area (TPSA) is 111 Å². The Morgan fingerprint density at radius 1 is 1.18 bits per heavy atom. The summed E-state index contributed by atoms with van der Waals surface area (Å²) in [5, 5.41) is 37.7. The fourth-order valence-electron chi connectivity index (χ4n) is 1.67. The molecule has 0 radical (unpaired) electrons. The van der Waals surface area contributed by atoms with Crippen molar-refractivity contribution in [2.75, 3.05) is 0 Å². The molecule has 0 unspecified atom stereocenters. The van der Waals surface area contributed by atoms with Crippen LogP contribution in [0.2, 0.25) is 0 Å². The minimum Gasteiger partial charge on any atom is -0.507 e. The standard InChI is InChI=1S/C11H10O6/c1-4(12)5-3-17-11(16)9-6(13)2-7(14)10(15)8(5)9/h2-4,12-15H,1H3/t4-/m1/s1. The fourth-order valence-corrected chi connectivity index (χ4v) is 1.67. The van der Waals surface area contributed by atoms with Crippen molar-refractivity contribution in [2.45, 2.75) is 13.0 Å². The van der Waals surface area contributed by atoms with Gasteiger partial charge in [-0.1, -0.05) is 0 Å². The average molecular weight is 238 g/mol. The van der Waals surface area contributed by atoms with E-state index in [-0.39, 0.29) is 16.3 Å².